The number of amides is 2. The van der Waals surface area contributed by atoms with Crippen molar-refractivity contribution < 1.29 is 9.59 Å². The van der Waals surface area contributed by atoms with E-state index in [1.54, 1.807) is 36.4 Å². The highest BCUT2D eigenvalue weighted by Crippen LogP contribution is 2.16. The van der Waals surface area contributed by atoms with Crippen molar-refractivity contribution in [2.75, 3.05) is 10.6 Å². The summed E-state index contributed by atoms with van der Waals surface area (Å²) >= 11 is 7.43. The molecule has 2 amide bonds. The van der Waals surface area contributed by atoms with Crippen LogP contribution in [-0.4, -0.2) is 16.9 Å². The smallest absolute Gasteiger partial charge is 0.257 e. The molecule has 3 aromatic carbocycles. The summed E-state index contributed by atoms with van der Waals surface area (Å²) in [5, 5.41) is 8.72. The van der Waals surface area contributed by atoms with Gasteiger partial charge in [0, 0.05) is 26.1 Å². The number of thiocarbonyl (C=S) groups is 1. The van der Waals surface area contributed by atoms with Crippen LogP contribution in [0, 0.1) is 17.4 Å². The zero-order valence-corrected chi connectivity index (χ0v) is 19.4. The predicted molar refractivity (Wildman–Crippen MR) is 133 cm³/mol. The lowest BCUT2D eigenvalue weighted by molar-refractivity contribution is 0.0976. The monoisotopic (exact) mass is 529 g/mol. The van der Waals surface area contributed by atoms with Gasteiger partial charge in [-0.25, -0.2) is 0 Å². The van der Waals surface area contributed by atoms with E-state index in [1.165, 1.54) is 0 Å². The number of hydrogen-bond donors (Lipinski definition) is 3. The van der Waals surface area contributed by atoms with Crippen LogP contribution in [0.2, 0.25) is 0 Å². The number of benzene rings is 3. The Morgan fingerprint density at radius 2 is 1.43 bits per heavy atom. The molecule has 0 aromatic heterocycles. The lowest BCUT2D eigenvalue weighted by Crippen LogP contribution is -2.34. The SMILES string of the molecule is Cc1ccc(C(=O)NC(=S)Nc2ccc(NC(=O)c3ccccc3C)cc2)cc1I. The number of nitrogens with one attached hydrogen (secondary N) is 3. The third-order valence-corrected chi connectivity index (χ3v) is 5.82. The topological polar surface area (TPSA) is 70.2 Å². The summed E-state index contributed by atoms with van der Waals surface area (Å²) in [4.78, 5) is 24.8. The van der Waals surface area contributed by atoms with E-state index in [2.05, 4.69) is 38.5 Å². The molecule has 3 rings (SSSR count). The molecule has 0 radical (unpaired) electrons. The second-order valence-electron chi connectivity index (χ2n) is 6.72. The van der Waals surface area contributed by atoms with E-state index >= 15 is 0 Å². The van der Waals surface area contributed by atoms with Gasteiger partial charge >= 0.3 is 0 Å². The lowest BCUT2D eigenvalue weighted by Gasteiger charge is -2.11. The van der Waals surface area contributed by atoms with E-state index in [1.807, 2.05) is 44.2 Å². The van der Waals surface area contributed by atoms with Crippen molar-refractivity contribution in [2.24, 2.45) is 0 Å². The van der Waals surface area contributed by atoms with Crippen LogP contribution in [0.5, 0.6) is 0 Å². The van der Waals surface area contributed by atoms with Gasteiger partial charge < -0.3 is 10.6 Å². The Hall–Kier alpha value is -2.78. The summed E-state index contributed by atoms with van der Waals surface area (Å²) in [6, 6.07) is 20.0. The first kappa shape index (κ1) is 21.9. The number of carbonyl (C=O) groups is 2. The summed E-state index contributed by atoms with van der Waals surface area (Å²) < 4.78 is 1.02. The maximum Gasteiger partial charge on any atom is 0.257 e. The average Bonchev–Trinajstić information content (AvgIpc) is 2.71. The van der Waals surface area contributed by atoms with Crippen LogP contribution in [0.15, 0.2) is 66.7 Å². The maximum absolute atomic E-state index is 12.4. The van der Waals surface area contributed by atoms with Crippen LogP contribution >= 0.6 is 34.8 Å². The number of rotatable bonds is 4. The molecule has 30 heavy (non-hydrogen) atoms. The van der Waals surface area contributed by atoms with E-state index in [0.29, 0.717) is 22.5 Å². The average molecular weight is 529 g/mol. The van der Waals surface area contributed by atoms with Crippen molar-refractivity contribution in [2.45, 2.75) is 13.8 Å². The zero-order valence-electron chi connectivity index (χ0n) is 16.5. The largest absolute Gasteiger partial charge is 0.332 e. The zero-order chi connectivity index (χ0) is 21.7. The molecule has 7 heteroatoms. The van der Waals surface area contributed by atoms with Crippen LogP contribution in [0.4, 0.5) is 11.4 Å². The van der Waals surface area contributed by atoms with Crippen molar-refractivity contribution in [1.29, 1.82) is 0 Å². The fourth-order valence-corrected chi connectivity index (χ4v) is 3.46. The quantitative estimate of drug-likeness (QED) is 0.318. The molecule has 0 saturated carbocycles. The molecule has 0 bridgehead atoms. The molecule has 3 N–H and O–H groups in total. The highest BCUT2D eigenvalue weighted by Gasteiger charge is 2.10. The minimum absolute atomic E-state index is 0.163. The number of carbonyl (C=O) groups excluding carboxylic acids is 2. The van der Waals surface area contributed by atoms with E-state index in [9.17, 15) is 9.59 Å². The Balaban J connectivity index is 1.57. The van der Waals surface area contributed by atoms with Crippen molar-refractivity contribution in [3.63, 3.8) is 0 Å². The summed E-state index contributed by atoms with van der Waals surface area (Å²) in [5.41, 5.74) is 4.57. The molecule has 0 aliphatic heterocycles. The van der Waals surface area contributed by atoms with Crippen LogP contribution in [0.3, 0.4) is 0 Å². The molecule has 3 aromatic rings. The standard InChI is InChI=1S/C23H20IN3O2S/c1-14-5-3-4-6-19(14)22(29)25-17-9-11-18(12-10-17)26-23(30)27-21(28)16-8-7-15(2)20(24)13-16/h3-13H,1-2H3,(H,25,29)(H2,26,27,28,30). The number of halogens is 1. The summed E-state index contributed by atoms with van der Waals surface area (Å²) in [5.74, 6) is -0.433. The van der Waals surface area contributed by atoms with Gasteiger partial charge in [-0.2, -0.15) is 0 Å². The third-order valence-electron chi connectivity index (χ3n) is 4.45. The van der Waals surface area contributed by atoms with Gasteiger partial charge in [0.15, 0.2) is 5.11 Å². The van der Waals surface area contributed by atoms with E-state index < -0.39 is 0 Å². The summed E-state index contributed by atoms with van der Waals surface area (Å²) in [6.07, 6.45) is 0. The molecular weight excluding hydrogens is 509 g/mol. The number of hydrogen-bond acceptors (Lipinski definition) is 3. The highest BCUT2D eigenvalue weighted by molar-refractivity contribution is 14.1. The van der Waals surface area contributed by atoms with Gasteiger partial charge in [-0.05, 0) is 102 Å². The van der Waals surface area contributed by atoms with E-state index in [-0.39, 0.29) is 16.9 Å². The molecule has 0 heterocycles. The lowest BCUT2D eigenvalue weighted by atomic mass is 10.1. The second-order valence-corrected chi connectivity index (χ2v) is 8.29. The molecular formula is C23H20IN3O2S. The Bertz CT molecular complexity index is 1110. The second kappa shape index (κ2) is 9.82. The minimum Gasteiger partial charge on any atom is -0.332 e. The van der Waals surface area contributed by atoms with Crippen LogP contribution in [0.25, 0.3) is 0 Å². The Morgan fingerprint density at radius 3 is 2.07 bits per heavy atom. The molecule has 0 saturated heterocycles. The fraction of sp³-hybridized carbons (Fsp3) is 0.0870. The van der Waals surface area contributed by atoms with Gasteiger partial charge in [0.1, 0.15) is 0 Å². The first-order chi connectivity index (χ1) is 14.3. The molecule has 0 unspecified atom stereocenters. The van der Waals surface area contributed by atoms with Crippen molar-refractivity contribution >= 4 is 63.1 Å². The molecule has 0 aliphatic carbocycles. The van der Waals surface area contributed by atoms with Gasteiger partial charge in [0.2, 0.25) is 0 Å². The van der Waals surface area contributed by atoms with Crippen molar-refractivity contribution in [3.8, 4) is 0 Å². The number of anilines is 2. The highest BCUT2D eigenvalue weighted by atomic mass is 127. The Labute approximate surface area is 194 Å². The first-order valence-corrected chi connectivity index (χ1v) is 10.7. The van der Waals surface area contributed by atoms with Crippen LogP contribution < -0.4 is 16.0 Å². The molecule has 5 nitrogen and oxygen atoms in total. The Morgan fingerprint density at radius 1 is 0.800 bits per heavy atom. The normalized spacial score (nSPS) is 10.2. The van der Waals surface area contributed by atoms with Gasteiger partial charge in [0.05, 0.1) is 0 Å². The van der Waals surface area contributed by atoms with Crippen LogP contribution in [-0.2, 0) is 0 Å². The minimum atomic E-state index is -0.271. The van der Waals surface area contributed by atoms with Gasteiger partial charge in [0.25, 0.3) is 11.8 Å². The molecule has 0 aliphatic rings. The van der Waals surface area contributed by atoms with Crippen LogP contribution in [0.1, 0.15) is 31.8 Å². The molecule has 0 spiro atoms. The summed E-state index contributed by atoms with van der Waals surface area (Å²) in [7, 11) is 0. The van der Waals surface area contributed by atoms with Crippen molar-refractivity contribution in [3.05, 3.63) is 92.6 Å². The van der Waals surface area contributed by atoms with Gasteiger partial charge in [-0.15, -0.1) is 0 Å². The van der Waals surface area contributed by atoms with Crippen molar-refractivity contribution in [1.82, 2.24) is 5.32 Å². The molecule has 0 fully saturated rings. The van der Waals surface area contributed by atoms with E-state index in [4.69, 9.17) is 12.2 Å². The van der Waals surface area contributed by atoms with Gasteiger partial charge in [-0.3, -0.25) is 14.9 Å². The molecule has 0 atom stereocenters. The maximum atomic E-state index is 12.4. The van der Waals surface area contributed by atoms with E-state index in [0.717, 1.165) is 14.7 Å². The number of aryl methyl sites for hydroxylation is 2. The van der Waals surface area contributed by atoms with Gasteiger partial charge in [-0.1, -0.05) is 24.3 Å². The Kier molecular flexibility index (Phi) is 7.17. The summed E-state index contributed by atoms with van der Waals surface area (Å²) in [6.45, 7) is 3.89. The fourth-order valence-electron chi connectivity index (χ4n) is 2.73. The third kappa shape index (κ3) is 5.64. The predicted octanol–water partition coefficient (Wildman–Crippen LogP) is 5.29. The first-order valence-electron chi connectivity index (χ1n) is 9.19. The molecule has 152 valence electrons.